The first kappa shape index (κ1) is 25.7. The van der Waals surface area contributed by atoms with Gasteiger partial charge in [0.25, 0.3) is 0 Å². The fourth-order valence-corrected chi connectivity index (χ4v) is 4.79. The smallest absolute Gasteiger partial charge is 0.411 e. The van der Waals surface area contributed by atoms with Crippen LogP contribution in [0.4, 0.5) is 13.2 Å². The van der Waals surface area contributed by atoms with Crippen molar-refractivity contribution in [1.82, 2.24) is 19.3 Å². The zero-order valence-electron chi connectivity index (χ0n) is 21.6. The number of imidazole rings is 1. The van der Waals surface area contributed by atoms with E-state index in [1.165, 1.54) is 0 Å². The highest BCUT2D eigenvalue weighted by Gasteiger charge is 2.29. The predicted molar refractivity (Wildman–Crippen MR) is 138 cm³/mol. The minimum atomic E-state index is -4.44. The van der Waals surface area contributed by atoms with Gasteiger partial charge in [-0.15, -0.1) is 0 Å². The average Bonchev–Trinajstić information content (AvgIpc) is 3.66. The molecular weight excluding hydrogens is 529 g/mol. The topological polar surface area (TPSA) is 99.0 Å². The summed E-state index contributed by atoms with van der Waals surface area (Å²) in [6.07, 6.45) is -1.47. The standard InChI is InChI=1S/C27H24F3N6O4/c1-37-18-5-3-16(4-6-18)12-36-25-17(11-32-36)9-22-24(26-33-23(40-34-26)13-39-14-27(28,29)30)31-15-35(22)21-8-7-19(38-2)10-20(21)25/h3-8,10-11,15,23H,9,12-14H2,1-2H3/q-1. The van der Waals surface area contributed by atoms with E-state index in [0.717, 1.165) is 39.5 Å². The first-order valence-corrected chi connectivity index (χ1v) is 12.3. The molecule has 1 unspecified atom stereocenters. The number of alkyl halides is 3. The van der Waals surface area contributed by atoms with Crippen molar-refractivity contribution in [1.29, 1.82) is 0 Å². The van der Waals surface area contributed by atoms with E-state index in [1.807, 2.05) is 57.9 Å². The number of aromatic nitrogens is 4. The van der Waals surface area contributed by atoms with E-state index in [1.54, 1.807) is 20.5 Å². The number of halogens is 3. The summed E-state index contributed by atoms with van der Waals surface area (Å²) in [5.74, 6) is 1.66. The molecule has 2 aromatic carbocycles. The third-order valence-electron chi connectivity index (χ3n) is 6.61. The number of hydrogen-bond acceptors (Lipinski definition) is 7. The average molecular weight is 554 g/mol. The van der Waals surface area contributed by atoms with Crippen LogP contribution in [0.5, 0.6) is 11.5 Å². The van der Waals surface area contributed by atoms with Crippen molar-refractivity contribution in [3.8, 4) is 28.4 Å². The Balaban J connectivity index is 1.33. The summed E-state index contributed by atoms with van der Waals surface area (Å²) in [5.41, 5.74) is 5.95. The van der Waals surface area contributed by atoms with Crippen LogP contribution in [0.2, 0.25) is 0 Å². The molecule has 0 aliphatic carbocycles. The molecule has 0 bridgehead atoms. The van der Waals surface area contributed by atoms with Crippen molar-refractivity contribution < 1.29 is 32.2 Å². The van der Waals surface area contributed by atoms with Crippen molar-refractivity contribution in [2.45, 2.75) is 25.4 Å². The van der Waals surface area contributed by atoms with Crippen LogP contribution in [0.25, 0.3) is 22.3 Å². The first-order valence-electron chi connectivity index (χ1n) is 12.3. The number of fused-ring (bicyclic) bond motifs is 5. The molecule has 208 valence electrons. The van der Waals surface area contributed by atoms with Gasteiger partial charge in [0, 0.05) is 23.4 Å². The molecule has 10 nitrogen and oxygen atoms in total. The number of nitrogens with zero attached hydrogens (tertiary/aromatic N) is 6. The quantitative estimate of drug-likeness (QED) is 0.277. The van der Waals surface area contributed by atoms with Gasteiger partial charge in [-0.25, -0.2) is 4.98 Å². The molecule has 2 aromatic heterocycles. The SMILES string of the molecule is COc1ccc(Cn2ncc3c2-c2cc(OC)ccc2-n2cnc(C4=NOC(COCC(F)(F)F)[N-]4)c2C3)cc1. The third-order valence-corrected chi connectivity index (χ3v) is 6.61. The predicted octanol–water partition coefficient (Wildman–Crippen LogP) is 4.68. The zero-order chi connectivity index (χ0) is 27.9. The van der Waals surface area contributed by atoms with Gasteiger partial charge in [0.2, 0.25) is 0 Å². The Morgan fingerprint density at radius 1 is 1.07 bits per heavy atom. The maximum absolute atomic E-state index is 12.4. The Morgan fingerprint density at radius 3 is 2.60 bits per heavy atom. The van der Waals surface area contributed by atoms with E-state index in [2.05, 4.69) is 20.2 Å². The molecular formula is C27H24F3N6O4-. The number of ether oxygens (including phenoxy) is 3. The Labute approximate surface area is 226 Å². The summed E-state index contributed by atoms with van der Waals surface area (Å²) in [6.45, 7) is -1.24. The lowest BCUT2D eigenvalue weighted by Gasteiger charge is -2.18. The van der Waals surface area contributed by atoms with E-state index in [0.29, 0.717) is 24.4 Å². The van der Waals surface area contributed by atoms with Crippen LogP contribution in [0.15, 0.2) is 60.1 Å². The van der Waals surface area contributed by atoms with E-state index < -0.39 is 19.0 Å². The van der Waals surface area contributed by atoms with Crippen molar-refractivity contribution in [3.63, 3.8) is 0 Å². The number of hydrogen-bond donors (Lipinski definition) is 0. The van der Waals surface area contributed by atoms with Crippen molar-refractivity contribution in [3.05, 3.63) is 82.8 Å². The number of rotatable bonds is 8. The van der Waals surface area contributed by atoms with Crippen LogP contribution in [0.3, 0.4) is 0 Å². The molecule has 4 heterocycles. The van der Waals surface area contributed by atoms with Crippen LogP contribution >= 0.6 is 0 Å². The van der Waals surface area contributed by atoms with Gasteiger partial charge in [0.1, 0.15) is 30.7 Å². The Morgan fingerprint density at radius 2 is 1.85 bits per heavy atom. The Kier molecular flexibility index (Phi) is 6.58. The maximum atomic E-state index is 12.4. The van der Waals surface area contributed by atoms with Crippen LogP contribution in [0, 0.1) is 0 Å². The van der Waals surface area contributed by atoms with Gasteiger partial charge in [-0.2, -0.15) is 18.3 Å². The molecule has 0 spiro atoms. The molecule has 1 atom stereocenters. The fourth-order valence-electron chi connectivity index (χ4n) is 4.79. The highest BCUT2D eigenvalue weighted by molar-refractivity contribution is 6.08. The van der Waals surface area contributed by atoms with Gasteiger partial charge in [-0.1, -0.05) is 12.1 Å². The lowest BCUT2D eigenvalue weighted by atomic mass is 10.0. The Hall–Kier alpha value is -4.52. The van der Waals surface area contributed by atoms with Gasteiger partial charge in [-0.3, -0.25) is 9.84 Å². The summed E-state index contributed by atoms with van der Waals surface area (Å²) in [5, 5.41) is 13.0. The summed E-state index contributed by atoms with van der Waals surface area (Å²) in [4.78, 5) is 9.77. The molecule has 6 rings (SSSR count). The molecule has 0 saturated heterocycles. The normalized spacial score (nSPS) is 15.7. The van der Waals surface area contributed by atoms with Crippen LogP contribution < -0.4 is 9.47 Å². The summed E-state index contributed by atoms with van der Waals surface area (Å²) >= 11 is 0. The highest BCUT2D eigenvalue weighted by Crippen LogP contribution is 2.39. The monoisotopic (exact) mass is 553 g/mol. The van der Waals surface area contributed by atoms with Crippen LogP contribution in [-0.4, -0.2) is 65.0 Å². The summed E-state index contributed by atoms with van der Waals surface area (Å²) in [7, 11) is 3.24. The van der Waals surface area contributed by atoms with Crippen molar-refractivity contribution in [2.75, 3.05) is 27.4 Å². The second kappa shape index (κ2) is 10.2. The minimum absolute atomic E-state index is 0.193. The lowest BCUT2D eigenvalue weighted by molar-refractivity contribution is -0.179. The van der Waals surface area contributed by atoms with E-state index in [4.69, 9.17) is 19.4 Å². The Bertz CT molecular complexity index is 1560. The molecule has 2 aliphatic rings. The second-order valence-electron chi connectivity index (χ2n) is 9.23. The molecule has 13 heteroatoms. The molecule has 0 radical (unpaired) electrons. The summed E-state index contributed by atoms with van der Waals surface area (Å²) in [6, 6.07) is 13.6. The number of methoxy groups -OCH3 is 2. The summed E-state index contributed by atoms with van der Waals surface area (Å²) < 4.78 is 56.7. The lowest BCUT2D eigenvalue weighted by Crippen LogP contribution is -2.22. The van der Waals surface area contributed by atoms with E-state index in [9.17, 15) is 13.2 Å². The largest absolute Gasteiger partial charge is 0.497 e. The fraction of sp³-hybridized carbons (Fsp3) is 0.296. The van der Waals surface area contributed by atoms with E-state index >= 15 is 0 Å². The molecule has 0 saturated carbocycles. The van der Waals surface area contributed by atoms with Crippen LogP contribution in [0.1, 0.15) is 22.5 Å². The molecule has 2 aliphatic heterocycles. The second-order valence-corrected chi connectivity index (χ2v) is 9.23. The third kappa shape index (κ3) is 4.95. The minimum Gasteiger partial charge on any atom is -0.497 e. The van der Waals surface area contributed by atoms with E-state index in [-0.39, 0.29) is 12.4 Å². The first-order chi connectivity index (χ1) is 19.3. The maximum Gasteiger partial charge on any atom is 0.411 e. The molecule has 4 aromatic rings. The molecule has 0 amide bonds. The molecule has 0 fully saturated rings. The van der Waals surface area contributed by atoms with Crippen molar-refractivity contribution >= 4 is 5.84 Å². The number of amidine groups is 1. The van der Waals surface area contributed by atoms with Crippen molar-refractivity contribution in [2.24, 2.45) is 5.16 Å². The molecule has 0 N–H and O–H groups in total. The number of oxime groups is 1. The number of benzene rings is 2. The van der Waals surface area contributed by atoms with Gasteiger partial charge in [0.05, 0.1) is 56.3 Å². The zero-order valence-corrected chi connectivity index (χ0v) is 21.6. The van der Waals surface area contributed by atoms with Gasteiger partial charge >= 0.3 is 6.18 Å². The van der Waals surface area contributed by atoms with Gasteiger partial charge in [-0.05, 0) is 35.9 Å². The van der Waals surface area contributed by atoms with Gasteiger partial charge < -0.3 is 28.9 Å². The molecule has 40 heavy (non-hydrogen) atoms. The highest BCUT2D eigenvalue weighted by atomic mass is 19.4. The van der Waals surface area contributed by atoms with Crippen LogP contribution in [-0.2, 0) is 22.5 Å². The van der Waals surface area contributed by atoms with Gasteiger partial charge in [0.15, 0.2) is 0 Å².